The minimum Gasteiger partial charge on any atom is -0.464 e. The average molecular weight is 221 g/mol. The maximum Gasteiger partial charge on any atom is 0.125 e. The zero-order valence-corrected chi connectivity index (χ0v) is 9.42. The van der Waals surface area contributed by atoms with E-state index in [1.54, 1.807) is 10.9 Å². The van der Waals surface area contributed by atoms with E-state index in [1.807, 2.05) is 26.0 Å². The molecule has 2 rings (SSSR count). The van der Waals surface area contributed by atoms with Crippen LogP contribution in [-0.4, -0.2) is 20.1 Å². The van der Waals surface area contributed by atoms with E-state index < -0.39 is 6.10 Å². The van der Waals surface area contributed by atoms with Crippen molar-refractivity contribution in [2.75, 3.05) is 0 Å². The Labute approximate surface area is 93.7 Å². The molecule has 86 valence electrons. The predicted molar refractivity (Wildman–Crippen MR) is 57.8 cm³/mol. The van der Waals surface area contributed by atoms with Gasteiger partial charge in [0.05, 0.1) is 12.3 Å². The molecule has 0 spiro atoms. The van der Waals surface area contributed by atoms with Crippen LogP contribution >= 0.6 is 0 Å². The Morgan fingerprint density at radius 1 is 1.50 bits per heavy atom. The number of furan rings is 1. The summed E-state index contributed by atoms with van der Waals surface area (Å²) in [5, 5.41) is 17.4. The van der Waals surface area contributed by atoms with E-state index >= 15 is 0 Å². The van der Waals surface area contributed by atoms with Gasteiger partial charge in [0.15, 0.2) is 0 Å². The second-order valence-electron chi connectivity index (χ2n) is 3.78. The first kappa shape index (κ1) is 10.9. The molecule has 1 atom stereocenters. The van der Waals surface area contributed by atoms with Crippen molar-refractivity contribution in [1.29, 1.82) is 0 Å². The lowest BCUT2D eigenvalue weighted by Gasteiger charge is -2.00. The van der Waals surface area contributed by atoms with Gasteiger partial charge in [-0.05, 0) is 25.5 Å². The standard InChI is InChI=1S/C11H15N3O2/c1-3-11(15)10-7-14(13-12-10)6-9-5-4-8(2)16-9/h4-5,7,11,15H,3,6H2,1-2H3. The van der Waals surface area contributed by atoms with Crippen LogP contribution in [0.4, 0.5) is 0 Å². The summed E-state index contributed by atoms with van der Waals surface area (Å²) in [7, 11) is 0. The summed E-state index contributed by atoms with van der Waals surface area (Å²) in [6.07, 6.45) is 1.84. The van der Waals surface area contributed by atoms with Crippen molar-refractivity contribution >= 4 is 0 Å². The van der Waals surface area contributed by atoms with Crippen molar-refractivity contribution in [2.45, 2.75) is 32.9 Å². The fourth-order valence-corrected chi connectivity index (χ4v) is 1.48. The summed E-state index contributed by atoms with van der Waals surface area (Å²) in [5.41, 5.74) is 0.603. The van der Waals surface area contributed by atoms with Gasteiger partial charge in [-0.1, -0.05) is 12.1 Å². The number of aliphatic hydroxyl groups excluding tert-OH is 1. The third-order valence-electron chi connectivity index (χ3n) is 2.40. The number of rotatable bonds is 4. The van der Waals surface area contributed by atoms with Crippen LogP contribution in [0.15, 0.2) is 22.7 Å². The topological polar surface area (TPSA) is 64.1 Å². The molecule has 2 aromatic rings. The fraction of sp³-hybridized carbons (Fsp3) is 0.455. The third-order valence-corrected chi connectivity index (χ3v) is 2.40. The van der Waals surface area contributed by atoms with Crippen LogP contribution in [0.3, 0.4) is 0 Å². The molecule has 1 unspecified atom stereocenters. The molecule has 0 saturated carbocycles. The Hall–Kier alpha value is -1.62. The normalized spacial score (nSPS) is 12.9. The SMILES string of the molecule is CCC(O)c1cn(Cc2ccc(C)o2)nn1. The first-order valence-electron chi connectivity index (χ1n) is 5.32. The summed E-state index contributed by atoms with van der Waals surface area (Å²) in [6, 6.07) is 3.82. The summed E-state index contributed by atoms with van der Waals surface area (Å²) in [6.45, 7) is 4.34. The maximum atomic E-state index is 9.57. The smallest absolute Gasteiger partial charge is 0.125 e. The van der Waals surface area contributed by atoms with E-state index in [0.717, 1.165) is 11.5 Å². The molecule has 0 aliphatic rings. The summed E-state index contributed by atoms with van der Waals surface area (Å²) >= 11 is 0. The van der Waals surface area contributed by atoms with Crippen molar-refractivity contribution in [1.82, 2.24) is 15.0 Å². The Kier molecular flexibility index (Phi) is 3.05. The van der Waals surface area contributed by atoms with Crippen molar-refractivity contribution < 1.29 is 9.52 Å². The van der Waals surface area contributed by atoms with Crippen LogP contribution in [0.1, 0.15) is 36.7 Å². The van der Waals surface area contributed by atoms with Gasteiger partial charge in [0.25, 0.3) is 0 Å². The minimum absolute atomic E-state index is 0.535. The number of aryl methyl sites for hydroxylation is 1. The molecular weight excluding hydrogens is 206 g/mol. The molecule has 0 saturated heterocycles. The van der Waals surface area contributed by atoms with E-state index in [4.69, 9.17) is 4.42 Å². The van der Waals surface area contributed by atoms with Gasteiger partial charge < -0.3 is 9.52 Å². The highest BCUT2D eigenvalue weighted by Gasteiger charge is 2.10. The molecule has 0 radical (unpaired) electrons. The number of aliphatic hydroxyl groups is 1. The summed E-state index contributed by atoms with van der Waals surface area (Å²) in [5.74, 6) is 1.71. The van der Waals surface area contributed by atoms with Gasteiger partial charge in [-0.25, -0.2) is 4.68 Å². The van der Waals surface area contributed by atoms with Crippen molar-refractivity contribution in [3.63, 3.8) is 0 Å². The molecule has 5 heteroatoms. The van der Waals surface area contributed by atoms with Gasteiger partial charge in [0, 0.05) is 0 Å². The fourth-order valence-electron chi connectivity index (χ4n) is 1.48. The second kappa shape index (κ2) is 4.49. The highest BCUT2D eigenvalue weighted by molar-refractivity contribution is 5.06. The van der Waals surface area contributed by atoms with E-state index in [1.165, 1.54) is 0 Å². The molecule has 0 aliphatic heterocycles. The Morgan fingerprint density at radius 3 is 2.94 bits per heavy atom. The Morgan fingerprint density at radius 2 is 2.31 bits per heavy atom. The number of nitrogens with zero attached hydrogens (tertiary/aromatic N) is 3. The largest absolute Gasteiger partial charge is 0.464 e. The Balaban J connectivity index is 2.08. The van der Waals surface area contributed by atoms with Crippen LogP contribution in [0.5, 0.6) is 0 Å². The monoisotopic (exact) mass is 221 g/mol. The molecule has 2 heterocycles. The van der Waals surface area contributed by atoms with Crippen LogP contribution < -0.4 is 0 Å². The molecule has 0 bridgehead atoms. The van der Waals surface area contributed by atoms with Gasteiger partial charge >= 0.3 is 0 Å². The highest BCUT2D eigenvalue weighted by Crippen LogP contribution is 2.13. The predicted octanol–water partition coefficient (Wildman–Crippen LogP) is 1.67. The first-order chi connectivity index (χ1) is 7.69. The van der Waals surface area contributed by atoms with Crippen molar-refractivity contribution in [3.05, 3.63) is 35.5 Å². The molecule has 0 aromatic carbocycles. The van der Waals surface area contributed by atoms with Crippen molar-refractivity contribution in [3.8, 4) is 0 Å². The summed E-state index contributed by atoms with van der Waals surface area (Å²) in [4.78, 5) is 0. The van der Waals surface area contributed by atoms with E-state index in [-0.39, 0.29) is 0 Å². The second-order valence-corrected chi connectivity index (χ2v) is 3.78. The summed E-state index contributed by atoms with van der Waals surface area (Å²) < 4.78 is 7.09. The van der Waals surface area contributed by atoms with E-state index in [0.29, 0.717) is 18.7 Å². The van der Waals surface area contributed by atoms with Gasteiger partial charge in [-0.2, -0.15) is 0 Å². The minimum atomic E-state index is -0.535. The Bertz CT molecular complexity index is 461. The quantitative estimate of drug-likeness (QED) is 0.853. The number of hydrogen-bond acceptors (Lipinski definition) is 4. The lowest BCUT2D eigenvalue weighted by atomic mass is 10.2. The van der Waals surface area contributed by atoms with Gasteiger partial charge in [-0.3, -0.25) is 0 Å². The zero-order chi connectivity index (χ0) is 11.5. The first-order valence-corrected chi connectivity index (χ1v) is 5.32. The molecule has 5 nitrogen and oxygen atoms in total. The molecule has 0 fully saturated rings. The van der Waals surface area contributed by atoms with Gasteiger partial charge in [0.2, 0.25) is 0 Å². The molecule has 2 aromatic heterocycles. The van der Waals surface area contributed by atoms with Crippen LogP contribution in [0.2, 0.25) is 0 Å². The van der Waals surface area contributed by atoms with Crippen LogP contribution in [0.25, 0.3) is 0 Å². The zero-order valence-electron chi connectivity index (χ0n) is 9.42. The molecule has 16 heavy (non-hydrogen) atoms. The molecule has 0 aliphatic carbocycles. The third kappa shape index (κ3) is 2.30. The maximum absolute atomic E-state index is 9.57. The van der Waals surface area contributed by atoms with E-state index in [9.17, 15) is 5.11 Å². The number of aromatic nitrogens is 3. The van der Waals surface area contributed by atoms with Crippen LogP contribution in [0, 0.1) is 6.92 Å². The average Bonchev–Trinajstić information content (AvgIpc) is 2.87. The van der Waals surface area contributed by atoms with Gasteiger partial charge in [-0.15, -0.1) is 5.10 Å². The van der Waals surface area contributed by atoms with Crippen LogP contribution in [-0.2, 0) is 6.54 Å². The highest BCUT2D eigenvalue weighted by atomic mass is 16.3. The van der Waals surface area contributed by atoms with Crippen molar-refractivity contribution in [2.24, 2.45) is 0 Å². The molecule has 0 amide bonds. The molecule has 1 N–H and O–H groups in total. The number of hydrogen-bond donors (Lipinski definition) is 1. The lowest BCUT2D eigenvalue weighted by molar-refractivity contribution is 0.168. The van der Waals surface area contributed by atoms with Gasteiger partial charge in [0.1, 0.15) is 23.8 Å². The molecular formula is C11H15N3O2. The lowest BCUT2D eigenvalue weighted by Crippen LogP contribution is -1.99. The van der Waals surface area contributed by atoms with E-state index in [2.05, 4.69) is 10.3 Å².